The summed E-state index contributed by atoms with van der Waals surface area (Å²) < 4.78 is 10.4. The van der Waals surface area contributed by atoms with Gasteiger partial charge in [0.15, 0.2) is 0 Å². The first-order valence-electron chi connectivity index (χ1n) is 6.29. The van der Waals surface area contributed by atoms with Crippen molar-refractivity contribution < 1.29 is 19.4 Å². The molecule has 1 heterocycles. The highest BCUT2D eigenvalue weighted by Crippen LogP contribution is 2.21. The van der Waals surface area contributed by atoms with Crippen molar-refractivity contribution >= 4 is 5.91 Å². The average molecular weight is 245 g/mol. The molecule has 0 radical (unpaired) electrons. The molecule has 2 N–H and O–H groups in total. The van der Waals surface area contributed by atoms with Gasteiger partial charge in [0.25, 0.3) is 0 Å². The van der Waals surface area contributed by atoms with Crippen molar-refractivity contribution in [2.75, 3.05) is 39.6 Å². The number of amides is 1. The molecule has 0 bridgehead atoms. The van der Waals surface area contributed by atoms with Crippen molar-refractivity contribution in [1.82, 2.24) is 5.32 Å². The summed E-state index contributed by atoms with van der Waals surface area (Å²) in [4.78, 5) is 11.8. The first-order valence-corrected chi connectivity index (χ1v) is 6.29. The monoisotopic (exact) mass is 245 g/mol. The Balaban J connectivity index is 2.07. The third-order valence-electron chi connectivity index (χ3n) is 2.98. The molecule has 5 heteroatoms. The van der Waals surface area contributed by atoms with Gasteiger partial charge in [0.2, 0.25) is 5.91 Å². The number of aliphatic hydroxyl groups is 1. The lowest BCUT2D eigenvalue weighted by molar-refractivity contribution is -0.130. The molecule has 1 fully saturated rings. The molecule has 0 saturated carbocycles. The van der Waals surface area contributed by atoms with Gasteiger partial charge in [-0.3, -0.25) is 4.79 Å². The standard InChI is InChI=1S/C12H23NO4/c1-10-9-17-7-3-11(10)12(15)13-4-2-6-16-8-5-14/h10-11,14H,2-9H2,1H3,(H,13,15). The van der Waals surface area contributed by atoms with Gasteiger partial charge in [0, 0.05) is 32.3 Å². The zero-order valence-corrected chi connectivity index (χ0v) is 10.5. The number of aliphatic hydroxyl groups excluding tert-OH is 1. The van der Waals surface area contributed by atoms with Crippen LogP contribution in [0.1, 0.15) is 19.8 Å². The van der Waals surface area contributed by atoms with Gasteiger partial charge in [0.1, 0.15) is 0 Å². The number of nitrogens with one attached hydrogen (secondary N) is 1. The fraction of sp³-hybridized carbons (Fsp3) is 0.917. The third kappa shape index (κ3) is 5.48. The Morgan fingerprint density at radius 2 is 2.35 bits per heavy atom. The number of rotatable bonds is 7. The maximum atomic E-state index is 11.8. The molecule has 1 aliphatic heterocycles. The van der Waals surface area contributed by atoms with Crippen LogP contribution in [0.4, 0.5) is 0 Å². The molecule has 100 valence electrons. The molecule has 1 amide bonds. The van der Waals surface area contributed by atoms with Crippen molar-refractivity contribution in [2.45, 2.75) is 19.8 Å². The minimum absolute atomic E-state index is 0.0476. The van der Waals surface area contributed by atoms with E-state index in [1.54, 1.807) is 0 Å². The van der Waals surface area contributed by atoms with Crippen LogP contribution < -0.4 is 5.32 Å². The first kappa shape index (κ1) is 14.4. The van der Waals surface area contributed by atoms with Crippen molar-refractivity contribution in [3.05, 3.63) is 0 Å². The van der Waals surface area contributed by atoms with Crippen molar-refractivity contribution in [2.24, 2.45) is 11.8 Å². The van der Waals surface area contributed by atoms with Crippen LogP contribution in [0.3, 0.4) is 0 Å². The van der Waals surface area contributed by atoms with Gasteiger partial charge in [-0.1, -0.05) is 6.92 Å². The summed E-state index contributed by atoms with van der Waals surface area (Å²) in [5, 5.41) is 11.4. The largest absolute Gasteiger partial charge is 0.394 e. The summed E-state index contributed by atoms with van der Waals surface area (Å²) in [5.74, 6) is 0.513. The number of carbonyl (C=O) groups excluding carboxylic acids is 1. The Kier molecular flexibility index (Phi) is 7.16. The molecule has 0 aromatic heterocycles. The Morgan fingerprint density at radius 3 is 3.06 bits per heavy atom. The van der Waals surface area contributed by atoms with Gasteiger partial charge in [-0.15, -0.1) is 0 Å². The van der Waals surface area contributed by atoms with Crippen LogP contribution in [0, 0.1) is 11.8 Å². The van der Waals surface area contributed by atoms with Crippen LogP contribution in [0.5, 0.6) is 0 Å². The van der Waals surface area contributed by atoms with E-state index in [0.717, 1.165) is 12.8 Å². The molecule has 0 aliphatic carbocycles. The van der Waals surface area contributed by atoms with Crippen molar-refractivity contribution in [3.8, 4) is 0 Å². The Morgan fingerprint density at radius 1 is 1.53 bits per heavy atom. The predicted octanol–water partition coefficient (Wildman–Crippen LogP) is 0.174. The topological polar surface area (TPSA) is 67.8 Å². The second-order valence-electron chi connectivity index (χ2n) is 4.43. The van der Waals surface area contributed by atoms with Crippen LogP contribution >= 0.6 is 0 Å². The average Bonchev–Trinajstić information content (AvgIpc) is 2.34. The lowest BCUT2D eigenvalue weighted by atomic mass is 9.89. The molecule has 0 aromatic carbocycles. The first-order chi connectivity index (χ1) is 8.25. The van der Waals surface area contributed by atoms with E-state index in [-0.39, 0.29) is 18.4 Å². The predicted molar refractivity (Wildman–Crippen MR) is 63.6 cm³/mol. The lowest BCUT2D eigenvalue weighted by Gasteiger charge is -2.27. The molecule has 0 aromatic rings. The summed E-state index contributed by atoms with van der Waals surface area (Å²) in [5.41, 5.74) is 0. The molecular formula is C12H23NO4. The Labute approximate surface area is 102 Å². The summed E-state index contributed by atoms with van der Waals surface area (Å²) in [6.45, 7) is 5.03. The maximum Gasteiger partial charge on any atom is 0.223 e. The van der Waals surface area contributed by atoms with E-state index < -0.39 is 0 Å². The van der Waals surface area contributed by atoms with E-state index in [9.17, 15) is 4.79 Å². The normalized spacial score (nSPS) is 24.6. The molecule has 2 atom stereocenters. The van der Waals surface area contributed by atoms with Crippen LogP contribution in [-0.2, 0) is 14.3 Å². The van der Waals surface area contributed by atoms with Gasteiger partial charge >= 0.3 is 0 Å². The number of ether oxygens (including phenoxy) is 2. The van der Waals surface area contributed by atoms with Crippen molar-refractivity contribution in [1.29, 1.82) is 0 Å². The van der Waals surface area contributed by atoms with Crippen molar-refractivity contribution in [3.63, 3.8) is 0 Å². The van der Waals surface area contributed by atoms with Gasteiger partial charge < -0.3 is 19.9 Å². The smallest absolute Gasteiger partial charge is 0.223 e. The molecular weight excluding hydrogens is 222 g/mol. The molecule has 2 unspecified atom stereocenters. The number of hydrogen-bond donors (Lipinski definition) is 2. The van der Waals surface area contributed by atoms with Gasteiger partial charge in [-0.25, -0.2) is 0 Å². The quantitative estimate of drug-likeness (QED) is 0.628. The molecule has 1 saturated heterocycles. The van der Waals surface area contributed by atoms with Crippen LogP contribution in [0.15, 0.2) is 0 Å². The Hall–Kier alpha value is -0.650. The second kappa shape index (κ2) is 8.44. The van der Waals surface area contributed by atoms with E-state index in [1.165, 1.54) is 0 Å². The zero-order valence-electron chi connectivity index (χ0n) is 10.5. The number of hydrogen-bond acceptors (Lipinski definition) is 4. The van der Waals surface area contributed by atoms with Gasteiger partial charge in [-0.05, 0) is 18.8 Å². The highest BCUT2D eigenvalue weighted by atomic mass is 16.5. The lowest BCUT2D eigenvalue weighted by Crippen LogP contribution is -2.39. The van der Waals surface area contributed by atoms with Crippen LogP contribution in [0.25, 0.3) is 0 Å². The highest BCUT2D eigenvalue weighted by molar-refractivity contribution is 5.78. The fourth-order valence-electron chi connectivity index (χ4n) is 1.95. The zero-order chi connectivity index (χ0) is 12.5. The van der Waals surface area contributed by atoms with E-state index in [0.29, 0.717) is 38.9 Å². The number of carbonyl (C=O) groups is 1. The minimum atomic E-state index is 0.0476. The molecule has 0 spiro atoms. The highest BCUT2D eigenvalue weighted by Gasteiger charge is 2.27. The molecule has 17 heavy (non-hydrogen) atoms. The van der Waals surface area contributed by atoms with E-state index >= 15 is 0 Å². The SMILES string of the molecule is CC1COCCC1C(=O)NCCCOCCO. The summed E-state index contributed by atoms with van der Waals surface area (Å²) in [6, 6.07) is 0. The molecule has 1 rings (SSSR count). The fourth-order valence-corrected chi connectivity index (χ4v) is 1.95. The summed E-state index contributed by atoms with van der Waals surface area (Å²) >= 11 is 0. The van der Waals surface area contributed by atoms with Crippen LogP contribution in [0.2, 0.25) is 0 Å². The maximum absolute atomic E-state index is 11.8. The van der Waals surface area contributed by atoms with Gasteiger partial charge in [0.05, 0.1) is 13.2 Å². The summed E-state index contributed by atoms with van der Waals surface area (Å²) in [7, 11) is 0. The molecule has 1 aliphatic rings. The molecule has 5 nitrogen and oxygen atoms in total. The van der Waals surface area contributed by atoms with E-state index in [2.05, 4.69) is 5.32 Å². The summed E-state index contributed by atoms with van der Waals surface area (Å²) in [6.07, 6.45) is 1.59. The minimum Gasteiger partial charge on any atom is -0.394 e. The Bertz CT molecular complexity index is 223. The second-order valence-corrected chi connectivity index (χ2v) is 4.43. The third-order valence-corrected chi connectivity index (χ3v) is 2.98. The van der Waals surface area contributed by atoms with E-state index in [1.807, 2.05) is 6.92 Å². The van der Waals surface area contributed by atoms with Crippen LogP contribution in [-0.4, -0.2) is 50.6 Å². The van der Waals surface area contributed by atoms with Gasteiger partial charge in [-0.2, -0.15) is 0 Å². The van der Waals surface area contributed by atoms with E-state index in [4.69, 9.17) is 14.6 Å².